The molecule has 78 valence electrons. The molecule has 0 aromatic carbocycles. The van der Waals surface area contributed by atoms with E-state index in [9.17, 15) is 4.79 Å². The monoisotopic (exact) mass is 216 g/mol. The van der Waals surface area contributed by atoms with E-state index < -0.39 is 5.91 Å². The molecule has 0 unspecified atom stereocenters. The standard InChI is InChI=1S/C7H12N4O2S/c8-5-3-7(14-11-5)10-1-2-13-4-6(9)12/h3,10H,1-2,4H2,(H2,8,11)(H2,9,12). The van der Waals surface area contributed by atoms with Crippen molar-refractivity contribution in [3.8, 4) is 0 Å². The van der Waals surface area contributed by atoms with Gasteiger partial charge in [0.2, 0.25) is 5.91 Å². The Labute approximate surface area is 85.4 Å². The largest absolute Gasteiger partial charge is 0.383 e. The number of ether oxygens (including phenoxy) is 1. The molecule has 1 amide bonds. The molecule has 0 bridgehead atoms. The molecule has 1 rings (SSSR count). The van der Waals surface area contributed by atoms with Crippen molar-refractivity contribution in [3.05, 3.63) is 6.07 Å². The van der Waals surface area contributed by atoms with Crippen LogP contribution in [-0.2, 0) is 9.53 Å². The summed E-state index contributed by atoms with van der Waals surface area (Å²) in [6, 6.07) is 1.73. The number of nitrogens with zero attached hydrogens (tertiary/aromatic N) is 1. The zero-order chi connectivity index (χ0) is 10.4. The molecule has 0 spiro atoms. The quantitative estimate of drug-likeness (QED) is 0.563. The van der Waals surface area contributed by atoms with Crippen LogP contribution in [-0.4, -0.2) is 30.0 Å². The van der Waals surface area contributed by atoms with Crippen molar-refractivity contribution < 1.29 is 9.53 Å². The highest BCUT2D eigenvalue weighted by Gasteiger charge is 1.97. The Hall–Kier alpha value is -1.34. The van der Waals surface area contributed by atoms with Crippen molar-refractivity contribution in [1.82, 2.24) is 4.37 Å². The van der Waals surface area contributed by atoms with E-state index in [2.05, 4.69) is 9.69 Å². The summed E-state index contributed by atoms with van der Waals surface area (Å²) in [7, 11) is 0. The average molecular weight is 216 g/mol. The fraction of sp³-hybridized carbons (Fsp3) is 0.429. The lowest BCUT2D eigenvalue weighted by atomic mass is 10.6. The van der Waals surface area contributed by atoms with Crippen molar-refractivity contribution >= 4 is 28.3 Å². The molecule has 7 heteroatoms. The van der Waals surface area contributed by atoms with Gasteiger partial charge in [-0.3, -0.25) is 4.79 Å². The topological polar surface area (TPSA) is 103 Å². The van der Waals surface area contributed by atoms with Crippen LogP contribution in [0.3, 0.4) is 0 Å². The van der Waals surface area contributed by atoms with Crippen LogP contribution < -0.4 is 16.8 Å². The Morgan fingerprint density at radius 2 is 2.50 bits per heavy atom. The molecule has 14 heavy (non-hydrogen) atoms. The molecular weight excluding hydrogens is 204 g/mol. The van der Waals surface area contributed by atoms with E-state index >= 15 is 0 Å². The molecular formula is C7H12N4O2S. The van der Waals surface area contributed by atoms with E-state index in [0.29, 0.717) is 19.0 Å². The molecule has 5 N–H and O–H groups in total. The number of hydrogen-bond donors (Lipinski definition) is 3. The van der Waals surface area contributed by atoms with Crippen LogP contribution in [0.15, 0.2) is 6.07 Å². The molecule has 0 aliphatic carbocycles. The molecule has 6 nitrogen and oxygen atoms in total. The predicted octanol–water partition coefficient (Wildman–Crippen LogP) is -0.361. The fourth-order valence-corrected chi connectivity index (χ4v) is 1.39. The number of carbonyl (C=O) groups excluding carboxylic acids is 1. The summed E-state index contributed by atoms with van der Waals surface area (Å²) in [6.07, 6.45) is 0. The first-order valence-corrected chi connectivity index (χ1v) is 4.78. The number of primary amides is 1. The number of anilines is 2. The van der Waals surface area contributed by atoms with E-state index in [1.54, 1.807) is 6.07 Å². The van der Waals surface area contributed by atoms with Crippen LogP contribution in [0.5, 0.6) is 0 Å². The van der Waals surface area contributed by atoms with Crippen molar-refractivity contribution in [2.45, 2.75) is 0 Å². The molecule has 0 radical (unpaired) electrons. The van der Waals surface area contributed by atoms with Crippen LogP contribution in [0.2, 0.25) is 0 Å². The average Bonchev–Trinajstić information content (AvgIpc) is 2.50. The van der Waals surface area contributed by atoms with Gasteiger partial charge in [-0.05, 0) is 11.5 Å². The predicted molar refractivity (Wildman–Crippen MR) is 55.0 cm³/mol. The highest BCUT2D eigenvalue weighted by Crippen LogP contribution is 2.16. The van der Waals surface area contributed by atoms with Gasteiger partial charge in [0.15, 0.2) is 0 Å². The summed E-state index contributed by atoms with van der Waals surface area (Å²) < 4.78 is 8.83. The number of carbonyl (C=O) groups is 1. The fourth-order valence-electron chi connectivity index (χ4n) is 0.791. The lowest BCUT2D eigenvalue weighted by molar-refractivity contribution is -0.122. The first-order chi connectivity index (χ1) is 6.68. The second-order valence-corrected chi connectivity index (χ2v) is 3.37. The highest BCUT2D eigenvalue weighted by atomic mass is 32.1. The smallest absolute Gasteiger partial charge is 0.243 e. The second kappa shape index (κ2) is 5.40. The normalized spacial score (nSPS) is 10.0. The summed E-state index contributed by atoms with van der Waals surface area (Å²) in [6.45, 7) is 0.960. The third kappa shape index (κ3) is 4.06. The minimum atomic E-state index is -0.466. The maximum absolute atomic E-state index is 10.3. The molecule has 0 saturated carbocycles. The van der Waals surface area contributed by atoms with E-state index in [1.165, 1.54) is 11.5 Å². The molecule has 0 atom stereocenters. The summed E-state index contributed by atoms with van der Waals surface area (Å²) in [5.74, 6) is 0.0302. The van der Waals surface area contributed by atoms with Gasteiger partial charge in [0.05, 0.1) is 6.61 Å². The first-order valence-electron chi connectivity index (χ1n) is 4.00. The van der Waals surface area contributed by atoms with Gasteiger partial charge >= 0.3 is 0 Å². The molecule has 0 saturated heterocycles. The number of nitrogen functional groups attached to an aromatic ring is 1. The van der Waals surface area contributed by atoms with Crippen molar-refractivity contribution in [2.24, 2.45) is 5.73 Å². The van der Waals surface area contributed by atoms with Gasteiger partial charge in [-0.25, -0.2) is 0 Å². The van der Waals surface area contributed by atoms with Gasteiger partial charge in [-0.15, -0.1) is 0 Å². The van der Waals surface area contributed by atoms with E-state index in [-0.39, 0.29) is 6.61 Å². The van der Waals surface area contributed by atoms with Crippen LogP contribution in [0.1, 0.15) is 0 Å². The summed E-state index contributed by atoms with van der Waals surface area (Å²) in [4.78, 5) is 10.3. The Balaban J connectivity index is 2.07. The van der Waals surface area contributed by atoms with Gasteiger partial charge in [-0.2, -0.15) is 4.37 Å². The Morgan fingerprint density at radius 1 is 1.71 bits per heavy atom. The maximum atomic E-state index is 10.3. The summed E-state index contributed by atoms with van der Waals surface area (Å²) >= 11 is 1.28. The van der Waals surface area contributed by atoms with Crippen molar-refractivity contribution in [1.29, 1.82) is 0 Å². The van der Waals surface area contributed by atoms with E-state index in [0.717, 1.165) is 5.00 Å². The Kier molecular flexibility index (Phi) is 4.14. The lowest BCUT2D eigenvalue weighted by Gasteiger charge is -2.02. The van der Waals surface area contributed by atoms with Crippen LogP contribution >= 0.6 is 11.5 Å². The summed E-state index contributed by atoms with van der Waals surface area (Å²) in [5, 5.41) is 3.92. The zero-order valence-corrected chi connectivity index (χ0v) is 8.34. The molecule has 1 aromatic rings. The van der Waals surface area contributed by atoms with Gasteiger partial charge in [-0.1, -0.05) is 0 Å². The maximum Gasteiger partial charge on any atom is 0.243 e. The number of hydrogen-bond acceptors (Lipinski definition) is 6. The second-order valence-electron chi connectivity index (χ2n) is 2.56. The minimum Gasteiger partial charge on any atom is -0.383 e. The third-order valence-corrected chi connectivity index (χ3v) is 2.08. The molecule has 0 aliphatic heterocycles. The van der Waals surface area contributed by atoms with Crippen LogP contribution in [0.4, 0.5) is 10.8 Å². The third-order valence-electron chi connectivity index (χ3n) is 1.32. The van der Waals surface area contributed by atoms with Gasteiger partial charge in [0.25, 0.3) is 0 Å². The SMILES string of the molecule is NC(=O)COCCNc1cc(N)ns1. The number of nitrogens with one attached hydrogen (secondary N) is 1. The van der Waals surface area contributed by atoms with Gasteiger partial charge in [0.1, 0.15) is 17.4 Å². The Morgan fingerprint density at radius 3 is 3.07 bits per heavy atom. The molecule has 0 fully saturated rings. The number of nitrogens with two attached hydrogens (primary N) is 2. The van der Waals surface area contributed by atoms with Crippen molar-refractivity contribution in [3.63, 3.8) is 0 Å². The Bertz CT molecular complexity index is 302. The van der Waals surface area contributed by atoms with E-state index in [1.807, 2.05) is 0 Å². The zero-order valence-electron chi connectivity index (χ0n) is 7.53. The minimum absolute atomic E-state index is 0.0491. The first kappa shape index (κ1) is 10.7. The van der Waals surface area contributed by atoms with Gasteiger partial charge < -0.3 is 21.5 Å². The van der Waals surface area contributed by atoms with Crippen molar-refractivity contribution in [2.75, 3.05) is 30.8 Å². The summed E-state index contributed by atoms with van der Waals surface area (Å²) in [5.41, 5.74) is 10.3. The van der Waals surface area contributed by atoms with Crippen LogP contribution in [0.25, 0.3) is 0 Å². The van der Waals surface area contributed by atoms with Crippen LogP contribution in [0, 0.1) is 0 Å². The number of aromatic nitrogens is 1. The number of amides is 1. The number of rotatable bonds is 6. The van der Waals surface area contributed by atoms with E-state index in [4.69, 9.17) is 16.2 Å². The molecule has 1 aromatic heterocycles. The van der Waals surface area contributed by atoms with Gasteiger partial charge in [0, 0.05) is 12.6 Å². The highest BCUT2D eigenvalue weighted by molar-refractivity contribution is 7.10. The lowest BCUT2D eigenvalue weighted by Crippen LogP contribution is -2.20. The molecule has 0 aliphatic rings. The molecule has 1 heterocycles.